The second-order valence-electron chi connectivity index (χ2n) is 9.91. The van der Waals surface area contributed by atoms with Crippen molar-refractivity contribution in [2.75, 3.05) is 6.61 Å². The standard InChI is InChI=1S/C30H52O2/c1-4-6-8-10-12-13-15-18-24-29(23-17-14-11-9-7-5-2)26-32-30(31)27(3)25-28-21-19-16-20-22-28/h16,19-22,27,29H,4-15,17-18,23-26H2,1-3H3. The molecular formula is C30H52O2. The van der Waals surface area contributed by atoms with Crippen molar-refractivity contribution in [3.8, 4) is 0 Å². The van der Waals surface area contributed by atoms with Crippen LogP contribution < -0.4 is 0 Å². The number of hydrogen-bond donors (Lipinski definition) is 0. The highest BCUT2D eigenvalue weighted by Crippen LogP contribution is 2.21. The number of benzene rings is 1. The van der Waals surface area contributed by atoms with Crippen molar-refractivity contribution in [2.24, 2.45) is 11.8 Å². The van der Waals surface area contributed by atoms with Gasteiger partial charge in [0.05, 0.1) is 12.5 Å². The van der Waals surface area contributed by atoms with Gasteiger partial charge in [-0.05, 0) is 30.7 Å². The smallest absolute Gasteiger partial charge is 0.308 e. The number of ether oxygens (including phenoxy) is 1. The Labute approximate surface area is 199 Å². The molecule has 0 aliphatic carbocycles. The molecule has 0 N–H and O–H groups in total. The predicted molar refractivity (Wildman–Crippen MR) is 139 cm³/mol. The second kappa shape index (κ2) is 20.3. The molecule has 1 aromatic rings. The summed E-state index contributed by atoms with van der Waals surface area (Å²) in [4.78, 5) is 12.6. The average molecular weight is 445 g/mol. The van der Waals surface area contributed by atoms with Crippen LogP contribution in [0.15, 0.2) is 30.3 Å². The Hall–Kier alpha value is -1.31. The summed E-state index contributed by atoms with van der Waals surface area (Å²) in [5.41, 5.74) is 1.21. The van der Waals surface area contributed by atoms with Crippen molar-refractivity contribution < 1.29 is 9.53 Å². The second-order valence-corrected chi connectivity index (χ2v) is 9.91. The molecule has 0 radical (unpaired) electrons. The highest BCUT2D eigenvalue weighted by molar-refractivity contribution is 5.72. The Morgan fingerprint density at radius 1 is 0.719 bits per heavy atom. The molecule has 2 atom stereocenters. The Bertz CT molecular complexity index is 539. The molecule has 0 amide bonds. The van der Waals surface area contributed by atoms with Gasteiger partial charge in [-0.2, -0.15) is 0 Å². The molecular weight excluding hydrogens is 392 g/mol. The van der Waals surface area contributed by atoms with Crippen molar-refractivity contribution in [3.63, 3.8) is 0 Å². The van der Waals surface area contributed by atoms with Crippen molar-refractivity contribution in [3.05, 3.63) is 35.9 Å². The van der Waals surface area contributed by atoms with Crippen LogP contribution in [-0.4, -0.2) is 12.6 Å². The van der Waals surface area contributed by atoms with Crippen LogP contribution >= 0.6 is 0 Å². The van der Waals surface area contributed by atoms with Crippen molar-refractivity contribution in [2.45, 2.75) is 130 Å². The summed E-state index contributed by atoms with van der Waals surface area (Å²) < 4.78 is 5.82. The molecule has 184 valence electrons. The topological polar surface area (TPSA) is 26.3 Å². The quantitative estimate of drug-likeness (QED) is 0.139. The number of unbranched alkanes of at least 4 members (excludes halogenated alkanes) is 12. The maximum absolute atomic E-state index is 12.6. The maximum atomic E-state index is 12.6. The van der Waals surface area contributed by atoms with E-state index in [0.717, 1.165) is 6.42 Å². The van der Waals surface area contributed by atoms with Gasteiger partial charge in [0, 0.05) is 0 Å². The fourth-order valence-electron chi connectivity index (χ4n) is 4.48. The van der Waals surface area contributed by atoms with Gasteiger partial charge in [-0.15, -0.1) is 0 Å². The van der Waals surface area contributed by atoms with Crippen LogP contribution in [0.5, 0.6) is 0 Å². The van der Waals surface area contributed by atoms with E-state index in [1.54, 1.807) is 0 Å². The van der Waals surface area contributed by atoms with Crippen molar-refractivity contribution in [1.29, 1.82) is 0 Å². The largest absolute Gasteiger partial charge is 0.465 e. The highest BCUT2D eigenvalue weighted by atomic mass is 16.5. The van der Waals surface area contributed by atoms with Crippen LogP contribution in [0.1, 0.15) is 129 Å². The average Bonchev–Trinajstić information content (AvgIpc) is 2.81. The molecule has 1 rings (SSSR count). The Balaban J connectivity index is 2.32. The zero-order valence-electron chi connectivity index (χ0n) is 21.6. The molecule has 2 unspecified atom stereocenters. The lowest BCUT2D eigenvalue weighted by Crippen LogP contribution is -2.21. The molecule has 2 heteroatoms. The predicted octanol–water partition coefficient (Wildman–Crippen LogP) is 9.31. The van der Waals surface area contributed by atoms with Crippen LogP contribution in [0, 0.1) is 11.8 Å². The molecule has 0 spiro atoms. The Kier molecular flexibility index (Phi) is 18.2. The van der Waals surface area contributed by atoms with Gasteiger partial charge in [0.1, 0.15) is 0 Å². The first-order chi connectivity index (χ1) is 15.7. The molecule has 0 saturated carbocycles. The monoisotopic (exact) mass is 444 g/mol. The minimum absolute atomic E-state index is 0.0299. The summed E-state index contributed by atoms with van der Waals surface area (Å²) in [6.07, 6.45) is 22.0. The number of hydrogen-bond acceptors (Lipinski definition) is 2. The summed E-state index contributed by atoms with van der Waals surface area (Å²) in [5.74, 6) is 0.432. The third-order valence-corrected chi connectivity index (χ3v) is 6.68. The van der Waals surface area contributed by atoms with Crippen LogP contribution in [0.2, 0.25) is 0 Å². The summed E-state index contributed by atoms with van der Waals surface area (Å²) in [6, 6.07) is 10.3. The number of carbonyl (C=O) groups is 1. The van der Waals surface area contributed by atoms with Crippen LogP contribution in [-0.2, 0) is 16.0 Å². The molecule has 1 aromatic carbocycles. The summed E-state index contributed by atoms with van der Waals surface area (Å²) in [7, 11) is 0. The van der Waals surface area contributed by atoms with Gasteiger partial charge >= 0.3 is 5.97 Å². The molecule has 0 fully saturated rings. The van der Waals surface area contributed by atoms with E-state index in [2.05, 4.69) is 26.0 Å². The van der Waals surface area contributed by atoms with E-state index < -0.39 is 0 Å². The Morgan fingerprint density at radius 3 is 1.69 bits per heavy atom. The van der Waals surface area contributed by atoms with Crippen LogP contribution in [0.25, 0.3) is 0 Å². The number of carbonyl (C=O) groups excluding carboxylic acids is 1. The summed E-state index contributed by atoms with van der Waals surface area (Å²) in [6.45, 7) is 7.16. The third kappa shape index (κ3) is 15.5. The fraction of sp³-hybridized carbons (Fsp3) is 0.767. The van der Waals surface area contributed by atoms with Gasteiger partial charge in [-0.25, -0.2) is 0 Å². The zero-order valence-corrected chi connectivity index (χ0v) is 21.6. The van der Waals surface area contributed by atoms with E-state index in [4.69, 9.17) is 4.74 Å². The first kappa shape index (κ1) is 28.7. The summed E-state index contributed by atoms with van der Waals surface area (Å²) >= 11 is 0. The lowest BCUT2D eigenvalue weighted by molar-refractivity contribution is -0.149. The van der Waals surface area contributed by atoms with E-state index >= 15 is 0 Å². The lowest BCUT2D eigenvalue weighted by atomic mass is 9.94. The van der Waals surface area contributed by atoms with Crippen LogP contribution in [0.4, 0.5) is 0 Å². The van der Waals surface area contributed by atoms with Gasteiger partial charge in [-0.3, -0.25) is 4.79 Å². The van der Waals surface area contributed by atoms with Crippen molar-refractivity contribution >= 4 is 5.97 Å². The van der Waals surface area contributed by atoms with Gasteiger partial charge in [0.25, 0.3) is 0 Å². The molecule has 0 heterocycles. The minimum atomic E-state index is -0.0739. The van der Waals surface area contributed by atoms with Gasteiger partial charge < -0.3 is 4.74 Å². The van der Waals surface area contributed by atoms with Gasteiger partial charge in [0.15, 0.2) is 0 Å². The molecule has 32 heavy (non-hydrogen) atoms. The molecule has 2 nitrogen and oxygen atoms in total. The lowest BCUT2D eigenvalue weighted by Gasteiger charge is -2.19. The molecule has 0 aromatic heterocycles. The Morgan fingerprint density at radius 2 is 1.19 bits per heavy atom. The third-order valence-electron chi connectivity index (χ3n) is 6.68. The van der Waals surface area contributed by atoms with Crippen molar-refractivity contribution in [1.82, 2.24) is 0 Å². The molecule has 0 saturated heterocycles. The van der Waals surface area contributed by atoms with E-state index in [1.807, 2.05) is 25.1 Å². The normalized spacial score (nSPS) is 13.1. The highest BCUT2D eigenvalue weighted by Gasteiger charge is 2.18. The first-order valence-electron chi connectivity index (χ1n) is 13.9. The van der Waals surface area contributed by atoms with Crippen LogP contribution in [0.3, 0.4) is 0 Å². The van der Waals surface area contributed by atoms with Gasteiger partial charge in [-0.1, -0.05) is 141 Å². The molecule has 0 aliphatic heterocycles. The summed E-state index contributed by atoms with van der Waals surface area (Å²) in [5, 5.41) is 0. The number of esters is 1. The van der Waals surface area contributed by atoms with E-state index in [0.29, 0.717) is 12.5 Å². The van der Waals surface area contributed by atoms with E-state index in [-0.39, 0.29) is 11.9 Å². The van der Waals surface area contributed by atoms with E-state index in [1.165, 1.54) is 108 Å². The molecule has 0 bridgehead atoms. The molecule has 0 aliphatic rings. The number of rotatable bonds is 21. The first-order valence-corrected chi connectivity index (χ1v) is 13.9. The fourth-order valence-corrected chi connectivity index (χ4v) is 4.48. The zero-order chi connectivity index (χ0) is 23.3. The maximum Gasteiger partial charge on any atom is 0.308 e. The van der Waals surface area contributed by atoms with Gasteiger partial charge in [0.2, 0.25) is 0 Å². The minimum Gasteiger partial charge on any atom is -0.465 e. The SMILES string of the molecule is CCCCCCCCCCC(CCCCCCCC)COC(=O)C(C)Cc1ccccc1. The van der Waals surface area contributed by atoms with E-state index in [9.17, 15) is 4.79 Å².